The van der Waals surface area contributed by atoms with Crippen molar-refractivity contribution in [2.45, 2.75) is 83.8 Å². The number of amides is 3. The molecule has 3 N–H and O–H groups in total. The van der Waals surface area contributed by atoms with E-state index in [4.69, 9.17) is 16.3 Å². The maximum absolute atomic E-state index is 14.4. The summed E-state index contributed by atoms with van der Waals surface area (Å²) >= 11 is 7.36. The number of aliphatic hydroxyl groups is 1. The highest BCUT2D eigenvalue weighted by Crippen LogP contribution is 2.40. The summed E-state index contributed by atoms with van der Waals surface area (Å²) < 4.78 is 20.4. The Morgan fingerprint density at radius 3 is 2.66 bits per heavy atom. The number of β-amino-alcohol motifs (C(OH)–C–C–N with tert-alkyl or cyclic N) is 1. The average Bonchev–Trinajstić information content (AvgIpc) is 3.33. The molecule has 0 radical (unpaired) electrons. The van der Waals surface area contributed by atoms with Gasteiger partial charge in [0.25, 0.3) is 5.91 Å². The molecule has 3 atom stereocenters. The van der Waals surface area contributed by atoms with Gasteiger partial charge in [-0.05, 0) is 43.2 Å². The lowest BCUT2D eigenvalue weighted by Gasteiger charge is -2.35. The van der Waals surface area contributed by atoms with Crippen LogP contribution in [0.1, 0.15) is 57.7 Å². The van der Waals surface area contributed by atoms with Crippen molar-refractivity contribution < 1.29 is 28.6 Å². The fourth-order valence-corrected chi connectivity index (χ4v) is 5.72. The molecule has 4 rings (SSSR count). The molecule has 12 heteroatoms. The molecule has 1 aliphatic heterocycles. The van der Waals surface area contributed by atoms with Gasteiger partial charge >= 0.3 is 0 Å². The van der Waals surface area contributed by atoms with Gasteiger partial charge < -0.3 is 25.4 Å². The largest absolute Gasteiger partial charge is 0.493 e. The average molecular weight is 609 g/mol. The third kappa shape index (κ3) is 7.37. The van der Waals surface area contributed by atoms with Crippen LogP contribution in [0.15, 0.2) is 23.7 Å². The van der Waals surface area contributed by atoms with Gasteiger partial charge in [0.15, 0.2) is 5.67 Å². The Hall–Kier alpha value is -2.76. The first-order chi connectivity index (χ1) is 19.3. The molecular weight excluding hydrogens is 571 g/mol. The van der Waals surface area contributed by atoms with E-state index in [0.29, 0.717) is 24.7 Å². The topological polar surface area (TPSA) is 121 Å². The summed E-state index contributed by atoms with van der Waals surface area (Å²) in [6.45, 7) is 7.71. The first-order valence-electron chi connectivity index (χ1n) is 13.8. The molecule has 41 heavy (non-hydrogen) atoms. The molecule has 3 amide bonds. The lowest BCUT2D eigenvalue weighted by atomic mass is 9.85. The zero-order valence-electron chi connectivity index (χ0n) is 23.8. The molecular formula is C29H38ClFN4O5S. The van der Waals surface area contributed by atoms with Crippen LogP contribution in [0.5, 0.6) is 5.75 Å². The number of alkyl halides is 2. The van der Waals surface area contributed by atoms with Crippen molar-refractivity contribution >= 4 is 40.7 Å². The molecule has 2 heterocycles. The quantitative estimate of drug-likeness (QED) is 0.264. The van der Waals surface area contributed by atoms with Crippen molar-refractivity contribution in [1.82, 2.24) is 20.5 Å². The summed E-state index contributed by atoms with van der Waals surface area (Å²) in [6, 6.07) is 3.74. The van der Waals surface area contributed by atoms with Crippen molar-refractivity contribution in [1.29, 1.82) is 0 Å². The number of hydrogen-bond donors (Lipinski definition) is 3. The molecule has 1 aliphatic carbocycles. The molecule has 0 spiro atoms. The molecule has 1 aromatic heterocycles. The Bertz CT molecular complexity index is 1280. The third-order valence-electron chi connectivity index (χ3n) is 7.41. The van der Waals surface area contributed by atoms with Gasteiger partial charge in [-0.25, -0.2) is 9.37 Å². The Labute approximate surface area is 248 Å². The molecule has 1 saturated carbocycles. The van der Waals surface area contributed by atoms with Gasteiger partial charge in [-0.1, -0.05) is 32.9 Å². The number of hydrogen-bond acceptors (Lipinski definition) is 7. The molecule has 0 bridgehead atoms. The van der Waals surface area contributed by atoms with Crippen molar-refractivity contribution in [3.05, 3.63) is 35.0 Å². The van der Waals surface area contributed by atoms with Gasteiger partial charge in [-0.15, -0.1) is 22.9 Å². The van der Waals surface area contributed by atoms with Gasteiger partial charge in [0, 0.05) is 31.0 Å². The second-order valence-electron chi connectivity index (χ2n) is 11.8. The van der Waals surface area contributed by atoms with E-state index in [1.165, 1.54) is 16.2 Å². The first-order valence-corrected chi connectivity index (χ1v) is 15.2. The molecule has 224 valence electrons. The molecule has 9 nitrogen and oxygen atoms in total. The molecule has 2 aliphatic rings. The van der Waals surface area contributed by atoms with E-state index in [2.05, 4.69) is 15.6 Å². The van der Waals surface area contributed by atoms with Gasteiger partial charge in [-0.3, -0.25) is 14.4 Å². The molecule has 2 aromatic rings. The Morgan fingerprint density at radius 2 is 2.05 bits per heavy atom. The summed E-state index contributed by atoms with van der Waals surface area (Å²) in [5.74, 6) is -0.718. The maximum atomic E-state index is 14.4. The van der Waals surface area contributed by atoms with Gasteiger partial charge in [0.1, 0.15) is 17.8 Å². The van der Waals surface area contributed by atoms with Crippen molar-refractivity contribution in [3.63, 3.8) is 0 Å². The third-order valence-corrected chi connectivity index (χ3v) is 8.66. The van der Waals surface area contributed by atoms with E-state index >= 15 is 0 Å². The Kier molecular flexibility index (Phi) is 9.60. The summed E-state index contributed by atoms with van der Waals surface area (Å²) in [6.07, 6.45) is 0.0548. The van der Waals surface area contributed by atoms with E-state index in [9.17, 15) is 23.9 Å². The second kappa shape index (κ2) is 12.6. The molecule has 2 fully saturated rings. The van der Waals surface area contributed by atoms with E-state index in [1.807, 2.05) is 25.1 Å². The second-order valence-corrected chi connectivity index (χ2v) is 13.1. The van der Waals surface area contributed by atoms with Gasteiger partial charge in [-0.2, -0.15) is 0 Å². The minimum Gasteiger partial charge on any atom is -0.493 e. The highest BCUT2D eigenvalue weighted by Gasteiger charge is 2.53. The number of rotatable bonds is 11. The van der Waals surface area contributed by atoms with Gasteiger partial charge in [0.2, 0.25) is 11.8 Å². The highest BCUT2D eigenvalue weighted by molar-refractivity contribution is 7.13. The number of ether oxygens (including phenoxy) is 1. The van der Waals surface area contributed by atoms with Gasteiger partial charge in [0.05, 0.1) is 28.8 Å². The van der Waals surface area contributed by atoms with Crippen LogP contribution < -0.4 is 15.4 Å². The zero-order chi connectivity index (χ0) is 29.9. The number of thiazole rings is 1. The highest BCUT2D eigenvalue weighted by atomic mass is 35.5. The fourth-order valence-electron chi connectivity index (χ4n) is 4.81. The fraction of sp³-hybridized carbons (Fsp3) is 0.586. The van der Waals surface area contributed by atoms with Crippen molar-refractivity contribution in [2.24, 2.45) is 5.41 Å². The number of likely N-dealkylation sites (tertiary alicyclic amines) is 1. The first kappa shape index (κ1) is 31.2. The number of nitrogens with zero attached hydrogens (tertiary/aromatic N) is 2. The summed E-state index contributed by atoms with van der Waals surface area (Å²) in [4.78, 5) is 46.2. The molecule has 1 aromatic carbocycles. The van der Waals surface area contributed by atoms with Crippen LogP contribution >= 0.6 is 22.9 Å². The summed E-state index contributed by atoms with van der Waals surface area (Å²) in [5, 5.41) is 15.9. The maximum Gasteiger partial charge on any atom is 0.258 e. The smallest absolute Gasteiger partial charge is 0.258 e. The minimum absolute atomic E-state index is 0.0537. The normalized spacial score (nSPS) is 20.4. The van der Waals surface area contributed by atoms with E-state index in [0.717, 1.165) is 21.7 Å². The predicted octanol–water partition coefficient (Wildman–Crippen LogP) is 3.74. The standard InChI is InChI=1S/C29H38ClFN4O5S/c1-17-23(41-16-33-17)18-6-7-19(22(12-18)40-11-5-10-30)14-32-25(37)21-13-20(36)15-35(21)26(38)24(28(2,3)4)34-27(39)29(31)8-9-29/h6-7,12,16,20-21,24,36H,5,8-11,13-15H2,1-4H3,(H,32,37)(H,34,39)/t20-,21+,24-/m1/s1. The number of carbonyl (C=O) groups excluding carboxylic acids is 3. The van der Waals surface area contributed by atoms with Crippen LogP contribution in [-0.4, -0.2) is 75.6 Å². The Morgan fingerprint density at radius 1 is 1.32 bits per heavy atom. The lowest BCUT2D eigenvalue weighted by molar-refractivity contribution is -0.145. The van der Waals surface area contributed by atoms with Crippen LogP contribution in [0.2, 0.25) is 0 Å². The Balaban J connectivity index is 1.49. The zero-order valence-corrected chi connectivity index (χ0v) is 25.4. The predicted molar refractivity (Wildman–Crippen MR) is 156 cm³/mol. The molecule has 1 saturated heterocycles. The van der Waals surface area contributed by atoms with Crippen LogP contribution in [0, 0.1) is 12.3 Å². The number of carbonyl (C=O) groups is 3. The lowest BCUT2D eigenvalue weighted by Crippen LogP contribution is -2.59. The van der Waals surface area contributed by atoms with Crippen molar-refractivity contribution in [3.8, 4) is 16.2 Å². The monoisotopic (exact) mass is 608 g/mol. The van der Waals surface area contributed by atoms with Crippen LogP contribution in [0.4, 0.5) is 4.39 Å². The van der Waals surface area contributed by atoms with Crippen molar-refractivity contribution in [2.75, 3.05) is 19.0 Å². The van der Waals surface area contributed by atoms with E-state index < -0.39 is 47.0 Å². The number of benzene rings is 1. The number of halogens is 2. The number of nitrogens with one attached hydrogen (secondary N) is 2. The molecule has 0 unspecified atom stereocenters. The van der Waals surface area contributed by atoms with E-state index in [-0.39, 0.29) is 32.4 Å². The number of aromatic nitrogens is 1. The minimum atomic E-state index is -1.94. The SMILES string of the molecule is Cc1ncsc1-c1ccc(CNC(=O)[C@@H]2C[C@@H](O)CN2C(=O)[C@@H](NC(=O)C2(F)CC2)C(C)(C)C)c(OCCCCl)c1. The summed E-state index contributed by atoms with van der Waals surface area (Å²) in [5.41, 5.74) is 1.70. The van der Waals surface area contributed by atoms with Crippen LogP contribution in [0.25, 0.3) is 10.4 Å². The van der Waals surface area contributed by atoms with Crippen LogP contribution in [0.3, 0.4) is 0 Å². The number of aliphatic hydroxyl groups excluding tert-OH is 1. The van der Waals surface area contributed by atoms with Crippen LogP contribution in [-0.2, 0) is 20.9 Å². The summed E-state index contributed by atoms with van der Waals surface area (Å²) in [7, 11) is 0. The number of aryl methyl sites for hydroxylation is 1. The van der Waals surface area contributed by atoms with E-state index in [1.54, 1.807) is 26.3 Å².